The second-order valence-electron chi connectivity index (χ2n) is 9.05. The Bertz CT molecular complexity index is 1250. The normalized spacial score (nSPS) is 13.6. The van der Waals surface area contributed by atoms with Gasteiger partial charge >= 0.3 is 0 Å². The maximum atomic E-state index is 13.4. The largest absolute Gasteiger partial charge is 0.492 e. The van der Waals surface area contributed by atoms with Crippen LogP contribution in [0.1, 0.15) is 33.4 Å². The molecule has 1 aliphatic rings. The maximum Gasteiger partial charge on any atom is 0.278 e. The van der Waals surface area contributed by atoms with Crippen molar-refractivity contribution in [3.63, 3.8) is 0 Å². The summed E-state index contributed by atoms with van der Waals surface area (Å²) >= 11 is 0. The first-order chi connectivity index (χ1) is 16.2. The first kappa shape index (κ1) is 23.3. The summed E-state index contributed by atoms with van der Waals surface area (Å²) in [6.07, 6.45) is 0. The van der Waals surface area contributed by atoms with E-state index in [0.717, 1.165) is 39.3 Å². The molecule has 3 aromatic carbocycles. The van der Waals surface area contributed by atoms with Crippen LogP contribution in [0.4, 0.5) is 5.69 Å². The summed E-state index contributed by atoms with van der Waals surface area (Å²) in [4.78, 5) is 28.1. The van der Waals surface area contributed by atoms with Crippen LogP contribution in [0.25, 0.3) is 5.57 Å². The van der Waals surface area contributed by atoms with Gasteiger partial charge in [0.15, 0.2) is 0 Å². The van der Waals surface area contributed by atoms with Gasteiger partial charge in [0.05, 0.1) is 12.1 Å². The smallest absolute Gasteiger partial charge is 0.278 e. The number of rotatable bonds is 7. The van der Waals surface area contributed by atoms with Crippen LogP contribution in [0.3, 0.4) is 0 Å². The fourth-order valence-corrected chi connectivity index (χ4v) is 4.35. The summed E-state index contributed by atoms with van der Waals surface area (Å²) in [5, 5.41) is 3.25. The number of nitrogens with one attached hydrogen (secondary N) is 1. The summed E-state index contributed by atoms with van der Waals surface area (Å²) in [7, 11) is 0. The number of hydrogen-bond acceptors (Lipinski definition) is 4. The van der Waals surface area contributed by atoms with Crippen molar-refractivity contribution in [3.8, 4) is 5.75 Å². The van der Waals surface area contributed by atoms with Crippen molar-refractivity contribution in [2.24, 2.45) is 0 Å². The lowest BCUT2D eigenvalue weighted by Crippen LogP contribution is -2.36. The molecule has 1 N–H and O–H groups in total. The highest BCUT2D eigenvalue weighted by molar-refractivity contribution is 6.36. The van der Waals surface area contributed by atoms with Gasteiger partial charge in [0, 0.05) is 5.69 Å². The number of amides is 2. The average molecular weight is 455 g/mol. The number of hydrogen-bond donors (Lipinski definition) is 1. The number of aryl methyl sites for hydroxylation is 5. The third-order valence-corrected chi connectivity index (χ3v) is 5.78. The van der Waals surface area contributed by atoms with Crippen LogP contribution >= 0.6 is 0 Å². The second-order valence-corrected chi connectivity index (χ2v) is 9.05. The van der Waals surface area contributed by atoms with Crippen LogP contribution < -0.4 is 10.1 Å². The zero-order chi connectivity index (χ0) is 24.4. The Kier molecular flexibility index (Phi) is 6.55. The predicted molar refractivity (Wildman–Crippen MR) is 136 cm³/mol. The Labute approximate surface area is 201 Å². The van der Waals surface area contributed by atoms with Gasteiger partial charge in [-0.05, 0) is 86.7 Å². The van der Waals surface area contributed by atoms with Crippen LogP contribution in [0.5, 0.6) is 5.75 Å². The molecule has 0 unspecified atom stereocenters. The molecule has 0 bridgehead atoms. The van der Waals surface area contributed by atoms with Crippen molar-refractivity contribution in [3.05, 3.63) is 99.7 Å². The quantitative estimate of drug-likeness (QED) is 0.479. The molecular formula is C29H30N2O3. The molecule has 0 atom stereocenters. The fourth-order valence-electron chi connectivity index (χ4n) is 4.35. The molecule has 5 heteroatoms. The second kappa shape index (κ2) is 9.56. The van der Waals surface area contributed by atoms with E-state index in [1.807, 2.05) is 83.1 Å². The van der Waals surface area contributed by atoms with E-state index in [4.69, 9.17) is 4.74 Å². The molecule has 174 valence electrons. The number of nitrogens with zero attached hydrogens (tertiary/aromatic N) is 1. The van der Waals surface area contributed by atoms with Crippen molar-refractivity contribution in [2.75, 3.05) is 18.5 Å². The summed E-state index contributed by atoms with van der Waals surface area (Å²) in [6.45, 7) is 10.4. The molecule has 2 amide bonds. The zero-order valence-corrected chi connectivity index (χ0v) is 20.4. The minimum atomic E-state index is -0.344. The highest BCUT2D eigenvalue weighted by Gasteiger charge is 2.39. The standard InChI is InChI=1S/C29H30N2O3/c1-18-6-8-23(9-7-18)26-27(30-24-14-19(2)12-20(3)15-24)29(33)31(28(26)32)10-11-34-25-16-21(4)13-22(5)17-25/h6-9,12-17,30H,10-11H2,1-5H3. The maximum absolute atomic E-state index is 13.4. The van der Waals surface area contributed by atoms with Gasteiger partial charge in [0.2, 0.25) is 0 Å². The number of carbonyl (C=O) groups excluding carboxylic acids is 2. The summed E-state index contributed by atoms with van der Waals surface area (Å²) < 4.78 is 5.88. The van der Waals surface area contributed by atoms with E-state index in [9.17, 15) is 9.59 Å². The Morgan fingerprint density at radius 3 is 1.85 bits per heavy atom. The van der Waals surface area contributed by atoms with E-state index < -0.39 is 0 Å². The molecule has 0 saturated heterocycles. The van der Waals surface area contributed by atoms with Gasteiger partial charge in [-0.15, -0.1) is 0 Å². The van der Waals surface area contributed by atoms with Crippen LogP contribution in [0, 0.1) is 34.6 Å². The predicted octanol–water partition coefficient (Wildman–Crippen LogP) is 5.50. The third-order valence-electron chi connectivity index (χ3n) is 5.78. The van der Waals surface area contributed by atoms with Crippen LogP contribution in [-0.4, -0.2) is 29.9 Å². The lowest BCUT2D eigenvalue weighted by molar-refractivity contribution is -0.137. The van der Waals surface area contributed by atoms with E-state index >= 15 is 0 Å². The third kappa shape index (κ3) is 5.04. The molecule has 0 spiro atoms. The molecule has 0 fully saturated rings. The Hall–Kier alpha value is -3.86. The lowest BCUT2D eigenvalue weighted by Gasteiger charge is -2.16. The molecule has 4 rings (SSSR count). The molecule has 0 saturated carbocycles. The van der Waals surface area contributed by atoms with Crippen molar-refractivity contribution >= 4 is 23.1 Å². The topological polar surface area (TPSA) is 58.6 Å². The van der Waals surface area contributed by atoms with Crippen molar-refractivity contribution in [2.45, 2.75) is 34.6 Å². The fraction of sp³-hybridized carbons (Fsp3) is 0.241. The van der Waals surface area contributed by atoms with E-state index in [1.54, 1.807) is 0 Å². The molecule has 34 heavy (non-hydrogen) atoms. The Balaban J connectivity index is 1.60. The molecule has 0 radical (unpaired) electrons. The van der Waals surface area contributed by atoms with Crippen molar-refractivity contribution < 1.29 is 14.3 Å². The number of carbonyl (C=O) groups is 2. The highest BCUT2D eigenvalue weighted by Crippen LogP contribution is 2.31. The minimum Gasteiger partial charge on any atom is -0.492 e. The molecule has 0 aromatic heterocycles. The van der Waals surface area contributed by atoms with E-state index in [2.05, 4.69) is 17.4 Å². The van der Waals surface area contributed by atoms with Crippen LogP contribution in [-0.2, 0) is 9.59 Å². The van der Waals surface area contributed by atoms with Gasteiger partial charge in [0.25, 0.3) is 11.8 Å². The molecule has 3 aromatic rings. The Morgan fingerprint density at radius 1 is 0.706 bits per heavy atom. The lowest BCUT2D eigenvalue weighted by atomic mass is 10.0. The molecule has 1 heterocycles. The van der Waals surface area contributed by atoms with Gasteiger partial charge in [-0.2, -0.15) is 0 Å². The van der Waals surface area contributed by atoms with Gasteiger partial charge in [-0.1, -0.05) is 42.0 Å². The van der Waals surface area contributed by atoms with Gasteiger partial charge in [-0.3, -0.25) is 14.5 Å². The van der Waals surface area contributed by atoms with Crippen LogP contribution in [0.15, 0.2) is 66.4 Å². The summed E-state index contributed by atoms with van der Waals surface area (Å²) in [5.74, 6) is 0.0744. The Morgan fingerprint density at radius 2 is 1.26 bits per heavy atom. The van der Waals surface area contributed by atoms with E-state index in [-0.39, 0.29) is 25.0 Å². The number of benzene rings is 3. The van der Waals surface area contributed by atoms with Gasteiger partial charge in [-0.25, -0.2) is 0 Å². The number of imide groups is 1. The van der Waals surface area contributed by atoms with Crippen molar-refractivity contribution in [1.29, 1.82) is 0 Å². The molecule has 5 nitrogen and oxygen atoms in total. The van der Waals surface area contributed by atoms with Crippen molar-refractivity contribution in [1.82, 2.24) is 4.90 Å². The SMILES string of the molecule is Cc1ccc(C2=C(Nc3cc(C)cc(C)c3)C(=O)N(CCOc3cc(C)cc(C)c3)C2=O)cc1. The monoisotopic (exact) mass is 454 g/mol. The average Bonchev–Trinajstić information content (AvgIpc) is 2.97. The molecule has 1 aliphatic heterocycles. The van der Waals surface area contributed by atoms with E-state index in [0.29, 0.717) is 16.8 Å². The molecular weight excluding hydrogens is 424 g/mol. The first-order valence-corrected chi connectivity index (χ1v) is 11.4. The minimum absolute atomic E-state index is 0.165. The first-order valence-electron chi connectivity index (χ1n) is 11.4. The van der Waals surface area contributed by atoms with Crippen LogP contribution in [0.2, 0.25) is 0 Å². The highest BCUT2D eigenvalue weighted by atomic mass is 16.5. The zero-order valence-electron chi connectivity index (χ0n) is 20.4. The molecule has 0 aliphatic carbocycles. The summed E-state index contributed by atoms with van der Waals surface area (Å²) in [6, 6.07) is 19.6. The number of ether oxygens (including phenoxy) is 1. The number of anilines is 1. The van der Waals surface area contributed by atoms with Gasteiger partial charge in [0.1, 0.15) is 18.1 Å². The van der Waals surface area contributed by atoms with E-state index in [1.165, 1.54) is 4.90 Å². The van der Waals surface area contributed by atoms with Gasteiger partial charge < -0.3 is 10.1 Å². The summed E-state index contributed by atoms with van der Waals surface area (Å²) in [5.41, 5.74) is 7.63.